The molecule has 1 N–H and O–H groups in total. The number of benzene rings is 2. The lowest BCUT2D eigenvalue weighted by Gasteiger charge is -2.19. The van der Waals surface area contributed by atoms with Crippen molar-refractivity contribution in [2.24, 2.45) is 0 Å². The molecular formula is C27H26N6O3. The molecule has 5 aromatic rings. The molecule has 0 saturated heterocycles. The molecule has 0 atom stereocenters. The molecule has 9 nitrogen and oxygen atoms in total. The Morgan fingerprint density at radius 2 is 1.67 bits per heavy atom. The number of fused-ring (bicyclic) bond motifs is 1. The van der Waals surface area contributed by atoms with Crippen LogP contribution in [0.3, 0.4) is 0 Å². The van der Waals surface area contributed by atoms with Crippen LogP contribution in [-0.4, -0.2) is 37.7 Å². The lowest BCUT2D eigenvalue weighted by atomic mass is 9.90. The Balaban J connectivity index is 1.63. The molecule has 3 heterocycles. The molecule has 0 aliphatic rings. The fourth-order valence-corrected chi connectivity index (χ4v) is 4.31. The summed E-state index contributed by atoms with van der Waals surface area (Å²) in [6.07, 6.45) is 0.572. The number of carbonyl (C=O) groups excluding carboxylic acids is 1. The fourth-order valence-electron chi connectivity index (χ4n) is 4.31. The third-order valence-electron chi connectivity index (χ3n) is 6.00. The Bertz CT molecular complexity index is 1460. The average Bonchev–Trinajstić information content (AvgIpc) is 3.52. The van der Waals surface area contributed by atoms with Gasteiger partial charge in [-0.15, -0.1) is 5.10 Å². The molecule has 0 unspecified atom stereocenters. The predicted molar refractivity (Wildman–Crippen MR) is 135 cm³/mol. The maximum absolute atomic E-state index is 13.1. The van der Waals surface area contributed by atoms with Crippen molar-refractivity contribution < 1.29 is 13.9 Å². The number of rotatable bonds is 8. The van der Waals surface area contributed by atoms with E-state index in [-0.39, 0.29) is 23.4 Å². The molecule has 3 aromatic heterocycles. The van der Waals surface area contributed by atoms with Gasteiger partial charge in [-0.25, -0.2) is 4.98 Å². The Hall–Kier alpha value is -4.53. The Kier molecular flexibility index (Phi) is 6.44. The fraction of sp³-hybridized carbons (Fsp3) is 0.222. The Morgan fingerprint density at radius 1 is 1.00 bits per heavy atom. The van der Waals surface area contributed by atoms with E-state index in [2.05, 4.69) is 49.3 Å². The third-order valence-corrected chi connectivity index (χ3v) is 6.00. The van der Waals surface area contributed by atoms with Gasteiger partial charge in [0.05, 0.1) is 18.5 Å². The summed E-state index contributed by atoms with van der Waals surface area (Å²) in [5, 5.41) is 10.4. The van der Waals surface area contributed by atoms with Crippen molar-refractivity contribution in [3.8, 4) is 5.88 Å². The second-order valence-electron chi connectivity index (χ2n) is 8.17. The van der Waals surface area contributed by atoms with Gasteiger partial charge in [-0.05, 0) is 24.1 Å². The zero-order chi connectivity index (χ0) is 25.1. The van der Waals surface area contributed by atoms with Gasteiger partial charge in [0.1, 0.15) is 11.4 Å². The van der Waals surface area contributed by atoms with Crippen LogP contribution in [0.2, 0.25) is 0 Å². The average molecular weight is 483 g/mol. The maximum atomic E-state index is 13.1. The Labute approximate surface area is 208 Å². The van der Waals surface area contributed by atoms with E-state index in [9.17, 15) is 4.79 Å². The molecule has 36 heavy (non-hydrogen) atoms. The summed E-state index contributed by atoms with van der Waals surface area (Å²) in [4.78, 5) is 22.7. The summed E-state index contributed by atoms with van der Waals surface area (Å²) in [6, 6.07) is 22.2. The quantitative estimate of drug-likeness (QED) is 0.337. The second kappa shape index (κ2) is 9.99. The van der Waals surface area contributed by atoms with Gasteiger partial charge in [-0.1, -0.05) is 72.7 Å². The molecule has 1 amide bonds. The largest absolute Gasteiger partial charge is 0.480 e. The molecule has 0 fully saturated rings. The van der Waals surface area contributed by atoms with E-state index in [0.717, 1.165) is 22.5 Å². The van der Waals surface area contributed by atoms with E-state index >= 15 is 0 Å². The monoisotopic (exact) mass is 482 g/mol. The van der Waals surface area contributed by atoms with E-state index in [1.54, 1.807) is 6.07 Å². The Morgan fingerprint density at radius 3 is 2.22 bits per heavy atom. The highest BCUT2D eigenvalue weighted by atomic mass is 16.5. The molecule has 9 heteroatoms. The lowest BCUT2D eigenvalue weighted by molar-refractivity contribution is 0.102. The van der Waals surface area contributed by atoms with E-state index in [1.807, 2.05) is 50.2 Å². The van der Waals surface area contributed by atoms with Gasteiger partial charge < -0.3 is 13.7 Å². The summed E-state index contributed by atoms with van der Waals surface area (Å²) in [7, 11) is 1.47. The lowest BCUT2D eigenvalue weighted by Crippen LogP contribution is -2.15. The van der Waals surface area contributed by atoms with E-state index in [1.165, 1.54) is 7.11 Å². The molecule has 0 saturated carbocycles. The van der Waals surface area contributed by atoms with E-state index in [0.29, 0.717) is 24.5 Å². The number of carbonyl (C=O) groups is 1. The van der Waals surface area contributed by atoms with Crippen molar-refractivity contribution in [3.05, 3.63) is 95.1 Å². The van der Waals surface area contributed by atoms with Crippen molar-refractivity contribution in [2.45, 2.75) is 32.7 Å². The molecule has 2 aromatic carbocycles. The number of hydrogen-bond donors (Lipinski definition) is 1. The van der Waals surface area contributed by atoms with Crippen LogP contribution in [0, 0.1) is 0 Å². The number of nitrogens with zero attached hydrogens (tertiary/aromatic N) is 5. The number of methoxy groups -OCH3 is 1. The van der Waals surface area contributed by atoms with Crippen LogP contribution in [0.1, 0.15) is 53.0 Å². The van der Waals surface area contributed by atoms with Crippen molar-refractivity contribution in [3.63, 3.8) is 0 Å². The smallest absolute Gasteiger partial charge is 0.322 e. The highest BCUT2D eigenvalue weighted by Crippen LogP contribution is 2.34. The van der Waals surface area contributed by atoms with Crippen LogP contribution < -0.4 is 10.1 Å². The first-order valence-corrected chi connectivity index (χ1v) is 11.8. The number of hydrogen-bond acceptors (Lipinski definition) is 7. The van der Waals surface area contributed by atoms with Crippen molar-refractivity contribution in [1.29, 1.82) is 0 Å². The number of pyridine rings is 1. The van der Waals surface area contributed by atoms with Crippen molar-refractivity contribution in [2.75, 3.05) is 12.4 Å². The highest BCUT2D eigenvalue weighted by molar-refractivity contribution is 6.06. The standard InChI is InChI=1S/C27H26N6O3/c1-4-21-31-32-27(36-21)30-25(34)19-16-20-23(29-26(19)35-3)28-24(33(20)5-2)22(17-12-8-6-9-13-17)18-14-10-7-11-15-18/h6-16,22H,4-5H2,1-3H3,(H,30,32,34). The first-order chi connectivity index (χ1) is 17.6. The molecule has 0 radical (unpaired) electrons. The predicted octanol–water partition coefficient (Wildman–Crippen LogP) is 4.84. The minimum Gasteiger partial charge on any atom is -0.480 e. The molecule has 0 aliphatic carbocycles. The van der Waals surface area contributed by atoms with Gasteiger partial charge in [-0.2, -0.15) is 4.98 Å². The molecule has 182 valence electrons. The summed E-state index contributed by atoms with van der Waals surface area (Å²) < 4.78 is 13.0. The first kappa shape index (κ1) is 23.2. The molecule has 0 spiro atoms. The third kappa shape index (κ3) is 4.31. The minimum atomic E-state index is -0.458. The SMILES string of the molecule is CCc1nnc(NC(=O)c2cc3c(nc2OC)nc(C(c2ccccc2)c2ccccc2)n3CC)o1. The summed E-state index contributed by atoms with van der Waals surface area (Å²) >= 11 is 0. The van der Waals surface area contributed by atoms with Gasteiger partial charge in [0, 0.05) is 13.0 Å². The number of aromatic nitrogens is 5. The van der Waals surface area contributed by atoms with Crippen molar-refractivity contribution in [1.82, 2.24) is 24.7 Å². The zero-order valence-electron chi connectivity index (χ0n) is 20.3. The molecule has 0 bridgehead atoms. The molecule has 5 rings (SSSR count). The number of aryl methyl sites for hydroxylation is 2. The number of anilines is 1. The zero-order valence-corrected chi connectivity index (χ0v) is 20.3. The first-order valence-electron chi connectivity index (χ1n) is 11.8. The van der Waals surface area contributed by atoms with Crippen LogP contribution in [0.15, 0.2) is 71.1 Å². The van der Waals surface area contributed by atoms with Crippen LogP contribution in [-0.2, 0) is 13.0 Å². The number of nitrogens with one attached hydrogen (secondary N) is 1. The number of amides is 1. The highest BCUT2D eigenvalue weighted by Gasteiger charge is 2.26. The molecule has 0 aliphatic heterocycles. The summed E-state index contributed by atoms with van der Waals surface area (Å²) in [6.45, 7) is 4.58. The van der Waals surface area contributed by atoms with Gasteiger partial charge in [0.15, 0.2) is 5.65 Å². The summed E-state index contributed by atoms with van der Waals surface area (Å²) in [5.41, 5.74) is 3.71. The number of imidazole rings is 1. The van der Waals surface area contributed by atoms with E-state index < -0.39 is 5.91 Å². The van der Waals surface area contributed by atoms with Gasteiger partial charge >= 0.3 is 6.01 Å². The normalized spacial score (nSPS) is 11.2. The van der Waals surface area contributed by atoms with Crippen LogP contribution in [0.25, 0.3) is 11.2 Å². The second-order valence-corrected chi connectivity index (χ2v) is 8.17. The van der Waals surface area contributed by atoms with Crippen LogP contribution in [0.4, 0.5) is 6.01 Å². The van der Waals surface area contributed by atoms with Crippen LogP contribution in [0.5, 0.6) is 5.88 Å². The topological polar surface area (TPSA) is 108 Å². The summed E-state index contributed by atoms with van der Waals surface area (Å²) in [5.74, 6) is 0.865. The van der Waals surface area contributed by atoms with Gasteiger partial charge in [0.25, 0.3) is 5.91 Å². The minimum absolute atomic E-state index is 0.0249. The van der Waals surface area contributed by atoms with Crippen molar-refractivity contribution >= 4 is 23.1 Å². The van der Waals surface area contributed by atoms with Crippen LogP contribution >= 0.6 is 0 Å². The van der Waals surface area contributed by atoms with Gasteiger partial charge in [0.2, 0.25) is 11.8 Å². The maximum Gasteiger partial charge on any atom is 0.322 e. The number of ether oxygens (including phenoxy) is 1. The van der Waals surface area contributed by atoms with Gasteiger partial charge in [-0.3, -0.25) is 10.1 Å². The molecular weight excluding hydrogens is 456 g/mol. The van der Waals surface area contributed by atoms with E-state index in [4.69, 9.17) is 14.1 Å².